The quantitative estimate of drug-likeness (QED) is 0.849. The average Bonchev–Trinajstić information content (AvgIpc) is 2.72. The lowest BCUT2D eigenvalue weighted by Gasteiger charge is -2.00. The van der Waals surface area contributed by atoms with E-state index in [9.17, 15) is 4.79 Å². The van der Waals surface area contributed by atoms with Gasteiger partial charge in [-0.15, -0.1) is 11.6 Å². The number of hydrogen-bond acceptors (Lipinski definition) is 2. The van der Waals surface area contributed by atoms with Crippen LogP contribution < -0.4 is 5.32 Å². The Morgan fingerprint density at radius 2 is 2.12 bits per heavy atom. The Morgan fingerprint density at radius 1 is 1.41 bits per heavy atom. The number of aromatic nitrogens is 2. The molecule has 1 N–H and O–H groups in total. The van der Waals surface area contributed by atoms with Gasteiger partial charge in [-0.2, -0.15) is 0 Å². The first-order chi connectivity index (χ1) is 8.20. The molecule has 0 aliphatic rings. The predicted octanol–water partition coefficient (Wildman–Crippen LogP) is 2.26. The van der Waals surface area contributed by atoms with Gasteiger partial charge in [-0.3, -0.25) is 10.1 Å². The fourth-order valence-corrected chi connectivity index (χ4v) is 1.56. The largest absolute Gasteiger partial charge is 0.320 e. The second kappa shape index (κ2) is 5.01. The number of benzene rings is 1. The van der Waals surface area contributed by atoms with Gasteiger partial charge in [-0.25, -0.2) is 4.98 Å². The summed E-state index contributed by atoms with van der Waals surface area (Å²) in [5.74, 6) is 0.155. The van der Waals surface area contributed by atoms with Crippen molar-refractivity contribution in [2.24, 2.45) is 7.05 Å². The highest BCUT2D eigenvalue weighted by Crippen LogP contribution is 2.19. The van der Waals surface area contributed by atoms with E-state index in [0.717, 1.165) is 11.3 Å². The SMILES string of the molecule is Cn1cc(-c2ccccc2)nc1NC(=O)CCl. The first-order valence-electron chi connectivity index (χ1n) is 5.15. The average molecular weight is 250 g/mol. The summed E-state index contributed by atoms with van der Waals surface area (Å²) in [4.78, 5) is 15.5. The topological polar surface area (TPSA) is 46.9 Å². The van der Waals surface area contributed by atoms with Crippen LogP contribution in [0.4, 0.5) is 5.95 Å². The first kappa shape index (κ1) is 11.7. The lowest BCUT2D eigenvalue weighted by Crippen LogP contribution is -2.15. The monoisotopic (exact) mass is 249 g/mol. The lowest BCUT2D eigenvalue weighted by molar-refractivity contribution is -0.114. The molecule has 0 saturated heterocycles. The molecule has 0 unspecified atom stereocenters. The molecule has 1 aromatic carbocycles. The Morgan fingerprint density at radius 3 is 2.76 bits per heavy atom. The summed E-state index contributed by atoms with van der Waals surface area (Å²) in [5, 5.41) is 2.63. The highest BCUT2D eigenvalue weighted by molar-refractivity contribution is 6.28. The Labute approximate surface area is 104 Å². The van der Waals surface area contributed by atoms with Crippen molar-refractivity contribution in [1.82, 2.24) is 9.55 Å². The number of nitrogens with zero attached hydrogens (tertiary/aromatic N) is 2. The Bertz CT molecular complexity index is 522. The number of anilines is 1. The van der Waals surface area contributed by atoms with Gasteiger partial charge in [0.25, 0.3) is 0 Å². The third-order valence-corrected chi connectivity index (χ3v) is 2.56. The van der Waals surface area contributed by atoms with E-state index >= 15 is 0 Å². The van der Waals surface area contributed by atoms with E-state index in [1.54, 1.807) is 4.57 Å². The second-order valence-electron chi connectivity index (χ2n) is 3.61. The summed E-state index contributed by atoms with van der Waals surface area (Å²) < 4.78 is 1.76. The minimum absolute atomic E-state index is 0.0759. The van der Waals surface area contributed by atoms with Gasteiger partial charge in [0.2, 0.25) is 11.9 Å². The third kappa shape index (κ3) is 2.65. The van der Waals surface area contributed by atoms with Gasteiger partial charge in [0, 0.05) is 18.8 Å². The fraction of sp³-hybridized carbons (Fsp3) is 0.167. The second-order valence-corrected chi connectivity index (χ2v) is 3.88. The van der Waals surface area contributed by atoms with Crippen molar-refractivity contribution in [2.75, 3.05) is 11.2 Å². The highest BCUT2D eigenvalue weighted by Gasteiger charge is 2.09. The van der Waals surface area contributed by atoms with Crippen LogP contribution in [0.15, 0.2) is 36.5 Å². The molecule has 0 spiro atoms. The van der Waals surface area contributed by atoms with Gasteiger partial charge in [-0.05, 0) is 0 Å². The molecule has 1 amide bonds. The van der Waals surface area contributed by atoms with Crippen LogP contribution >= 0.6 is 11.6 Å². The molecule has 5 heteroatoms. The molecule has 4 nitrogen and oxygen atoms in total. The van der Waals surface area contributed by atoms with Crippen molar-refractivity contribution in [3.63, 3.8) is 0 Å². The molecule has 88 valence electrons. The number of hydrogen-bond donors (Lipinski definition) is 1. The maximum Gasteiger partial charge on any atom is 0.241 e. The first-order valence-corrected chi connectivity index (χ1v) is 5.69. The number of carbonyl (C=O) groups is 1. The molecule has 1 aromatic heterocycles. The zero-order valence-corrected chi connectivity index (χ0v) is 10.1. The standard InChI is InChI=1S/C12H12ClN3O/c1-16-8-10(9-5-3-2-4-6-9)14-12(16)15-11(17)7-13/h2-6,8H,7H2,1H3,(H,14,15,17). The number of halogens is 1. The highest BCUT2D eigenvalue weighted by atomic mass is 35.5. The number of amides is 1. The summed E-state index contributed by atoms with van der Waals surface area (Å²) in [6.07, 6.45) is 1.86. The number of nitrogens with one attached hydrogen (secondary N) is 1. The fourth-order valence-electron chi connectivity index (χ4n) is 1.49. The molecule has 0 aliphatic heterocycles. The van der Waals surface area contributed by atoms with Crippen LogP contribution in [0.3, 0.4) is 0 Å². The van der Waals surface area contributed by atoms with Crippen LogP contribution in [0, 0.1) is 0 Å². The Kier molecular flexibility index (Phi) is 3.44. The molecule has 0 bridgehead atoms. The summed E-state index contributed by atoms with van der Waals surface area (Å²) in [5.41, 5.74) is 1.83. The van der Waals surface area contributed by atoms with Gasteiger partial charge < -0.3 is 4.57 Å². The lowest BCUT2D eigenvalue weighted by atomic mass is 10.2. The zero-order valence-electron chi connectivity index (χ0n) is 9.35. The van der Waals surface area contributed by atoms with Gasteiger partial charge in [-0.1, -0.05) is 30.3 Å². The van der Waals surface area contributed by atoms with Gasteiger partial charge >= 0.3 is 0 Å². The van der Waals surface area contributed by atoms with Crippen LogP contribution in [0.25, 0.3) is 11.3 Å². The van der Waals surface area contributed by atoms with E-state index in [2.05, 4.69) is 10.3 Å². The Hall–Kier alpha value is -1.81. The maximum atomic E-state index is 11.2. The molecular weight excluding hydrogens is 238 g/mol. The van der Waals surface area contributed by atoms with Crippen LogP contribution in [0.5, 0.6) is 0 Å². The molecule has 17 heavy (non-hydrogen) atoms. The van der Waals surface area contributed by atoms with E-state index in [0.29, 0.717) is 5.95 Å². The number of rotatable bonds is 3. The molecule has 0 atom stereocenters. The summed E-state index contributed by atoms with van der Waals surface area (Å²) in [6.45, 7) is 0. The number of alkyl halides is 1. The molecular formula is C12H12ClN3O. The molecule has 0 radical (unpaired) electrons. The number of carbonyl (C=O) groups excluding carboxylic acids is 1. The molecule has 1 heterocycles. The van der Waals surface area contributed by atoms with Gasteiger partial charge in [0.05, 0.1) is 5.69 Å². The molecule has 2 rings (SSSR count). The number of aryl methyl sites for hydroxylation is 1. The van der Waals surface area contributed by atoms with Crippen LogP contribution in [-0.4, -0.2) is 21.3 Å². The molecule has 0 aliphatic carbocycles. The smallest absolute Gasteiger partial charge is 0.241 e. The van der Waals surface area contributed by atoms with Crippen LogP contribution in [0.1, 0.15) is 0 Å². The molecule has 0 saturated carbocycles. The van der Waals surface area contributed by atoms with E-state index in [4.69, 9.17) is 11.6 Å². The van der Waals surface area contributed by atoms with E-state index in [-0.39, 0.29) is 11.8 Å². The third-order valence-electron chi connectivity index (χ3n) is 2.32. The number of imidazole rings is 1. The van der Waals surface area contributed by atoms with E-state index in [1.165, 1.54) is 0 Å². The van der Waals surface area contributed by atoms with Crippen molar-refractivity contribution >= 4 is 23.5 Å². The minimum atomic E-state index is -0.264. The van der Waals surface area contributed by atoms with Crippen LogP contribution in [0.2, 0.25) is 0 Å². The van der Waals surface area contributed by atoms with Crippen molar-refractivity contribution in [3.05, 3.63) is 36.5 Å². The van der Waals surface area contributed by atoms with Gasteiger partial charge in [0.15, 0.2) is 0 Å². The van der Waals surface area contributed by atoms with Crippen molar-refractivity contribution in [3.8, 4) is 11.3 Å². The van der Waals surface area contributed by atoms with E-state index < -0.39 is 0 Å². The normalized spacial score (nSPS) is 10.2. The maximum absolute atomic E-state index is 11.2. The van der Waals surface area contributed by atoms with Crippen molar-refractivity contribution in [1.29, 1.82) is 0 Å². The Balaban J connectivity index is 2.28. The van der Waals surface area contributed by atoms with Crippen molar-refractivity contribution in [2.45, 2.75) is 0 Å². The summed E-state index contributed by atoms with van der Waals surface area (Å²) in [7, 11) is 1.82. The minimum Gasteiger partial charge on any atom is -0.320 e. The van der Waals surface area contributed by atoms with E-state index in [1.807, 2.05) is 43.6 Å². The van der Waals surface area contributed by atoms with Gasteiger partial charge in [0.1, 0.15) is 5.88 Å². The summed E-state index contributed by atoms with van der Waals surface area (Å²) in [6, 6.07) is 9.77. The predicted molar refractivity (Wildman–Crippen MR) is 68.0 cm³/mol. The van der Waals surface area contributed by atoms with Crippen molar-refractivity contribution < 1.29 is 4.79 Å². The van der Waals surface area contributed by atoms with Crippen LogP contribution in [-0.2, 0) is 11.8 Å². The molecule has 0 fully saturated rings. The molecule has 2 aromatic rings. The zero-order chi connectivity index (χ0) is 12.3. The summed E-state index contributed by atoms with van der Waals surface area (Å²) >= 11 is 5.43.